The summed E-state index contributed by atoms with van der Waals surface area (Å²) in [5, 5.41) is 54.5. The molecule has 4 fully saturated rings. The van der Waals surface area contributed by atoms with E-state index in [1.165, 1.54) is 48.8 Å². The molecule has 6 amide bonds. The van der Waals surface area contributed by atoms with Crippen LogP contribution in [0, 0.1) is 17.8 Å². The van der Waals surface area contributed by atoms with Crippen LogP contribution in [0.4, 0.5) is 0 Å². The SMILES string of the molecule is C/C=C(\C)C(=O)[C@H](/C=C(\C)[C@H]1O[C@@](O)([C@](O)(CC)C(=O)N[C@@H]2C(=O)N3NCCC[C@@H]3C(=O)N(O)C(COC)C(=O)N(C)[C@H](C)C(=O)N3NCCC[C@H]3C(=O)NC([C@H](C)O)C(=O)O[C@H]2C(C)C)CC[C@@H]1C)CC. The zero-order valence-corrected chi connectivity index (χ0v) is 43.9. The van der Waals surface area contributed by atoms with Gasteiger partial charge in [-0.2, -0.15) is 0 Å². The van der Waals surface area contributed by atoms with Crippen molar-refractivity contribution in [3.8, 4) is 0 Å². The number of amides is 6. The summed E-state index contributed by atoms with van der Waals surface area (Å²) >= 11 is 0. The van der Waals surface area contributed by atoms with Crippen LogP contribution in [0.5, 0.6) is 0 Å². The Kier molecular flexibility index (Phi) is 21.0. The van der Waals surface area contributed by atoms with Gasteiger partial charge in [-0.3, -0.25) is 48.8 Å². The highest BCUT2D eigenvalue weighted by atomic mass is 16.7. The number of carbonyl (C=O) groups excluding carboxylic acids is 8. The Morgan fingerprint density at radius 3 is 2.08 bits per heavy atom. The number of ether oxygens (including phenoxy) is 3. The summed E-state index contributed by atoms with van der Waals surface area (Å²) in [4.78, 5) is 116. The minimum Gasteiger partial charge on any atom is -0.458 e. The van der Waals surface area contributed by atoms with Crippen LogP contribution in [0.25, 0.3) is 0 Å². The van der Waals surface area contributed by atoms with E-state index in [4.69, 9.17) is 14.2 Å². The van der Waals surface area contributed by atoms with Gasteiger partial charge in [-0.15, -0.1) is 0 Å². The number of ketones is 1. The number of methoxy groups -OCH3 is 1. The lowest BCUT2D eigenvalue weighted by Gasteiger charge is -2.49. The lowest BCUT2D eigenvalue weighted by molar-refractivity contribution is -0.325. The smallest absolute Gasteiger partial charge is 0.331 e. The van der Waals surface area contributed by atoms with E-state index in [0.29, 0.717) is 24.0 Å². The highest BCUT2D eigenvalue weighted by Gasteiger charge is 2.59. The maximum absolute atomic E-state index is 15.3. The molecule has 8 N–H and O–H groups in total. The van der Waals surface area contributed by atoms with E-state index in [0.717, 1.165) is 14.9 Å². The predicted octanol–water partition coefficient (Wildman–Crippen LogP) is 0.142. The fourth-order valence-electron chi connectivity index (χ4n) is 9.68. The van der Waals surface area contributed by atoms with Crippen molar-refractivity contribution < 1.29 is 73.1 Å². The molecule has 0 aromatic carbocycles. The highest BCUT2D eigenvalue weighted by Crippen LogP contribution is 2.42. The molecule has 0 saturated carbocycles. The molecule has 0 bridgehead atoms. The first-order valence-electron chi connectivity index (χ1n) is 25.2. The van der Waals surface area contributed by atoms with Crippen molar-refractivity contribution in [1.29, 1.82) is 0 Å². The number of fused-ring (bicyclic) bond motifs is 2. The molecule has 0 radical (unpaired) electrons. The van der Waals surface area contributed by atoms with Gasteiger partial charge in [0, 0.05) is 39.6 Å². The van der Waals surface area contributed by atoms with Gasteiger partial charge in [0.15, 0.2) is 23.5 Å². The summed E-state index contributed by atoms with van der Waals surface area (Å²) in [6.45, 7) is 15.7. The molecule has 0 spiro atoms. The van der Waals surface area contributed by atoms with Crippen LogP contribution >= 0.6 is 0 Å². The summed E-state index contributed by atoms with van der Waals surface area (Å²) < 4.78 is 17.6. The molecule has 2 unspecified atom stereocenters. The second-order valence-electron chi connectivity index (χ2n) is 20.0. The Labute approximate surface area is 422 Å². The minimum absolute atomic E-state index is 0.0795. The zero-order valence-electron chi connectivity index (χ0n) is 43.9. The van der Waals surface area contributed by atoms with Crippen molar-refractivity contribution in [2.45, 2.75) is 187 Å². The Hall–Kier alpha value is -4.88. The first kappa shape index (κ1) is 59.7. The minimum atomic E-state index is -2.82. The van der Waals surface area contributed by atoms with Gasteiger partial charge in [0.1, 0.15) is 30.3 Å². The zero-order chi connectivity index (χ0) is 54.2. The van der Waals surface area contributed by atoms with E-state index >= 15 is 4.79 Å². The molecule has 406 valence electrons. The van der Waals surface area contributed by atoms with E-state index in [-0.39, 0.29) is 62.0 Å². The third kappa shape index (κ3) is 12.7. The van der Waals surface area contributed by atoms with Crippen molar-refractivity contribution >= 4 is 47.2 Å². The van der Waals surface area contributed by atoms with Crippen molar-refractivity contribution in [2.24, 2.45) is 17.8 Å². The summed E-state index contributed by atoms with van der Waals surface area (Å²) in [6.07, 6.45) is -0.165. The maximum Gasteiger partial charge on any atom is 0.331 e. The molecule has 4 aliphatic heterocycles. The molecule has 0 aliphatic carbocycles. The van der Waals surface area contributed by atoms with E-state index in [2.05, 4.69) is 21.5 Å². The Morgan fingerprint density at radius 2 is 1.54 bits per heavy atom. The molecule has 4 rings (SSSR count). The molecule has 23 nitrogen and oxygen atoms in total. The van der Waals surface area contributed by atoms with Crippen LogP contribution in [0.1, 0.15) is 121 Å². The number of esters is 1. The van der Waals surface area contributed by atoms with Gasteiger partial charge < -0.3 is 45.1 Å². The Bertz CT molecular complexity index is 2070. The molecule has 4 saturated heterocycles. The van der Waals surface area contributed by atoms with Crippen molar-refractivity contribution in [3.63, 3.8) is 0 Å². The largest absolute Gasteiger partial charge is 0.458 e. The fourth-order valence-corrected chi connectivity index (χ4v) is 9.68. The number of hydroxylamine groups is 2. The number of cyclic esters (lactones) is 1. The van der Waals surface area contributed by atoms with Gasteiger partial charge in [-0.1, -0.05) is 46.8 Å². The van der Waals surface area contributed by atoms with Crippen molar-refractivity contribution in [2.75, 3.05) is 33.9 Å². The predicted molar refractivity (Wildman–Crippen MR) is 258 cm³/mol. The highest BCUT2D eigenvalue weighted by molar-refractivity contribution is 5.99. The van der Waals surface area contributed by atoms with Gasteiger partial charge in [0.2, 0.25) is 11.7 Å². The quantitative estimate of drug-likeness (QED) is 0.0527. The lowest BCUT2D eigenvalue weighted by Crippen LogP contribution is -2.71. The Morgan fingerprint density at radius 1 is 0.944 bits per heavy atom. The van der Waals surface area contributed by atoms with Crippen LogP contribution < -0.4 is 21.5 Å². The third-order valence-corrected chi connectivity index (χ3v) is 14.6. The third-order valence-electron chi connectivity index (χ3n) is 14.6. The molecular formula is C49H80N8O15. The van der Waals surface area contributed by atoms with Crippen LogP contribution in [0.15, 0.2) is 23.3 Å². The molecule has 23 heteroatoms. The number of aliphatic hydroxyl groups is 3. The normalized spacial score (nSPS) is 32.1. The van der Waals surface area contributed by atoms with Gasteiger partial charge in [-0.05, 0) is 103 Å². The topological polar surface area (TPSA) is 306 Å². The van der Waals surface area contributed by atoms with Gasteiger partial charge in [0.25, 0.3) is 29.5 Å². The van der Waals surface area contributed by atoms with E-state index in [9.17, 15) is 54.1 Å². The van der Waals surface area contributed by atoms with Crippen molar-refractivity contribution in [3.05, 3.63) is 23.3 Å². The van der Waals surface area contributed by atoms with E-state index < -0.39 is 132 Å². The number of nitrogens with zero attached hydrogens (tertiary/aromatic N) is 4. The van der Waals surface area contributed by atoms with Crippen LogP contribution in [0.2, 0.25) is 0 Å². The fraction of sp³-hybridized carbons (Fsp3) is 0.755. The molecular weight excluding hydrogens is 941 g/mol. The number of hydrazine groups is 2. The van der Waals surface area contributed by atoms with E-state index in [1.807, 2.05) is 13.8 Å². The van der Waals surface area contributed by atoms with Crippen molar-refractivity contribution in [1.82, 2.24) is 41.5 Å². The molecule has 0 aromatic heterocycles. The average Bonchev–Trinajstić information content (AvgIpc) is 3.37. The second kappa shape index (κ2) is 25.4. The summed E-state index contributed by atoms with van der Waals surface area (Å²) in [5.74, 6) is -11.9. The molecule has 4 aliphatic rings. The number of nitrogens with one attached hydrogen (secondary N) is 4. The summed E-state index contributed by atoms with van der Waals surface area (Å²) in [5.41, 5.74) is 4.02. The number of rotatable bonds is 13. The number of hydrogen-bond donors (Lipinski definition) is 8. The average molecular weight is 1020 g/mol. The van der Waals surface area contributed by atoms with Gasteiger partial charge in [0.05, 0.1) is 18.8 Å². The van der Waals surface area contributed by atoms with Gasteiger partial charge in [-0.25, -0.2) is 20.7 Å². The Balaban J connectivity index is 1.88. The molecule has 4 heterocycles. The first-order valence-corrected chi connectivity index (χ1v) is 25.2. The number of likely N-dealkylation sites (N-methyl/N-ethyl adjacent to an activating group) is 1. The van der Waals surface area contributed by atoms with Gasteiger partial charge >= 0.3 is 5.97 Å². The second-order valence-corrected chi connectivity index (χ2v) is 20.0. The van der Waals surface area contributed by atoms with Crippen LogP contribution in [0.3, 0.4) is 0 Å². The van der Waals surface area contributed by atoms with Crippen LogP contribution in [-0.4, -0.2) is 188 Å². The standard InChI is InChI=1S/C49H80N8O15/c1-13-27(6)38(59)32(14-2)24-29(8)40-28(7)20-21-49(68,72-40)48(67,15-3)47(66)53-37-39(26(4)5)71-46(65)36(31(10)58)52-41(60)33-18-16-22-50-55(33)42(61)30(9)54(11)43(62)35(25-70-12)57(69)44(63)34-19-17-23-51-56(34)45(37)64/h13,24,26,28,30-37,39-40,50-51,58,67-69H,14-23,25H2,1-12H3,(H,52,60)(H,53,66)/b27-13+,29-24+/t28-,30+,31-,32-,33-,34+,35?,36?,37-,39-,40-,48-,49+/m0/s1. The summed E-state index contributed by atoms with van der Waals surface area (Å²) in [7, 11) is 2.48. The summed E-state index contributed by atoms with van der Waals surface area (Å²) in [6, 6.07) is -9.80. The first-order chi connectivity index (χ1) is 33.8. The maximum atomic E-state index is 15.3. The molecule has 0 aromatic rings. The lowest BCUT2D eigenvalue weighted by atomic mass is 9.78. The number of carbonyl (C=O) groups is 8. The molecule has 13 atom stereocenters. The number of hydrogen-bond acceptors (Lipinski definition) is 17. The van der Waals surface area contributed by atoms with Crippen LogP contribution in [-0.2, 0) is 52.6 Å². The number of aliphatic hydroxyl groups excluding tert-OH is 1. The number of Topliss-reactive ketones (excluding diaryl/α,β-unsaturated/α-hetero) is 1. The van der Waals surface area contributed by atoms with E-state index in [1.54, 1.807) is 32.9 Å². The number of allylic oxidation sites excluding steroid dienone is 3. The molecule has 72 heavy (non-hydrogen) atoms. The monoisotopic (exact) mass is 1020 g/mol.